The van der Waals surface area contributed by atoms with Crippen LogP contribution in [0.15, 0.2) is 11.6 Å². The van der Waals surface area contributed by atoms with Crippen molar-refractivity contribution in [2.24, 2.45) is 46.3 Å². The molecule has 3 heteroatoms. The summed E-state index contributed by atoms with van der Waals surface area (Å²) in [6, 6.07) is 0. The van der Waals surface area contributed by atoms with Crippen LogP contribution in [0.4, 0.5) is 0 Å². The number of ether oxygens (including phenoxy) is 2. The van der Waals surface area contributed by atoms with Crippen LogP contribution in [-0.2, 0) is 14.3 Å². The molecule has 0 aromatic heterocycles. The van der Waals surface area contributed by atoms with Crippen LogP contribution in [0.3, 0.4) is 0 Å². The van der Waals surface area contributed by atoms with Gasteiger partial charge in [-0.2, -0.15) is 0 Å². The Morgan fingerprint density at radius 3 is 2.61 bits per heavy atom. The molecular formula is C30H48O3. The van der Waals surface area contributed by atoms with Gasteiger partial charge in [0.25, 0.3) is 0 Å². The number of rotatable bonds is 6. The van der Waals surface area contributed by atoms with Crippen LogP contribution in [-0.4, -0.2) is 24.3 Å². The van der Waals surface area contributed by atoms with Crippen molar-refractivity contribution >= 4 is 5.97 Å². The Morgan fingerprint density at radius 1 is 1.09 bits per heavy atom. The van der Waals surface area contributed by atoms with Gasteiger partial charge in [-0.15, -0.1) is 0 Å². The standard InChI is InChI=1S/C30H48O3/c1-18(2)8-7-9-19(3)23-10-11-24-27-25(13-15-30(23,24)6)29(5)14-12-22(32-20(4)31)16-21(29)17-26-28(27)33-26/h17-19,22-28H,7-16H2,1-6H3/t19?,22?,23?,24?,25?,26?,27?,28?,29-,30+/m0/s1. The van der Waals surface area contributed by atoms with Crippen molar-refractivity contribution in [1.82, 2.24) is 0 Å². The summed E-state index contributed by atoms with van der Waals surface area (Å²) in [4.78, 5) is 11.6. The smallest absolute Gasteiger partial charge is 0.302 e. The molecule has 10 atom stereocenters. The van der Waals surface area contributed by atoms with E-state index in [0.717, 1.165) is 48.9 Å². The first-order valence-corrected chi connectivity index (χ1v) is 14.2. The van der Waals surface area contributed by atoms with Crippen LogP contribution >= 0.6 is 0 Å². The second-order valence-corrected chi connectivity index (χ2v) is 13.5. The van der Waals surface area contributed by atoms with Gasteiger partial charge in [0.1, 0.15) is 12.2 Å². The number of hydrogen-bond acceptors (Lipinski definition) is 3. The maximum atomic E-state index is 11.6. The van der Waals surface area contributed by atoms with Gasteiger partial charge in [0.2, 0.25) is 0 Å². The molecular weight excluding hydrogens is 408 g/mol. The summed E-state index contributed by atoms with van der Waals surface area (Å²) >= 11 is 0. The molecule has 0 N–H and O–H groups in total. The zero-order valence-corrected chi connectivity index (χ0v) is 22.1. The Kier molecular flexibility index (Phi) is 6.28. The molecule has 186 valence electrons. The molecule has 1 aliphatic heterocycles. The molecule has 0 spiro atoms. The maximum absolute atomic E-state index is 11.6. The highest BCUT2D eigenvalue weighted by Crippen LogP contribution is 2.68. The summed E-state index contributed by atoms with van der Waals surface area (Å²) in [7, 11) is 0. The normalized spacial score (nSPS) is 46.9. The van der Waals surface area contributed by atoms with E-state index < -0.39 is 0 Å². The summed E-state index contributed by atoms with van der Waals surface area (Å²) in [5.74, 6) is 4.69. The molecule has 8 unspecified atom stereocenters. The van der Waals surface area contributed by atoms with Crippen molar-refractivity contribution in [3.8, 4) is 0 Å². The van der Waals surface area contributed by atoms with Gasteiger partial charge in [0, 0.05) is 13.3 Å². The van der Waals surface area contributed by atoms with Crippen molar-refractivity contribution in [3.05, 3.63) is 11.6 Å². The Balaban J connectivity index is 1.34. The topological polar surface area (TPSA) is 38.8 Å². The zero-order chi connectivity index (χ0) is 23.5. The van der Waals surface area contributed by atoms with E-state index in [2.05, 4.69) is 40.7 Å². The lowest BCUT2D eigenvalue weighted by Gasteiger charge is -2.55. The Labute approximate surface area is 202 Å². The average Bonchev–Trinajstić information content (AvgIpc) is 3.41. The number of fused-ring (bicyclic) bond motifs is 7. The Morgan fingerprint density at radius 2 is 1.88 bits per heavy atom. The van der Waals surface area contributed by atoms with Crippen molar-refractivity contribution in [2.75, 3.05) is 0 Å². The van der Waals surface area contributed by atoms with E-state index in [4.69, 9.17) is 9.47 Å². The minimum absolute atomic E-state index is 0.0620. The summed E-state index contributed by atoms with van der Waals surface area (Å²) in [5, 5.41) is 0. The van der Waals surface area contributed by atoms with E-state index in [9.17, 15) is 4.79 Å². The van der Waals surface area contributed by atoms with Crippen LogP contribution in [0.1, 0.15) is 106 Å². The van der Waals surface area contributed by atoms with Crippen LogP contribution in [0.2, 0.25) is 0 Å². The SMILES string of the molecule is CC(=O)OC1CC[C@@]2(C)C(=CC3OC3C3C4CCC(C(C)CCCC(C)C)[C@@]4(C)CCC32)C1. The molecule has 3 saturated carbocycles. The number of epoxide rings is 1. The second kappa shape index (κ2) is 8.68. The molecule has 0 aromatic carbocycles. The van der Waals surface area contributed by atoms with Gasteiger partial charge < -0.3 is 9.47 Å². The predicted molar refractivity (Wildman–Crippen MR) is 133 cm³/mol. The highest BCUT2D eigenvalue weighted by Gasteiger charge is 2.65. The molecule has 1 heterocycles. The third kappa shape index (κ3) is 4.13. The van der Waals surface area contributed by atoms with Gasteiger partial charge in [0.05, 0.1) is 6.10 Å². The van der Waals surface area contributed by atoms with Crippen LogP contribution in [0, 0.1) is 46.3 Å². The zero-order valence-electron chi connectivity index (χ0n) is 22.1. The molecule has 4 aliphatic carbocycles. The fourth-order valence-corrected chi connectivity index (χ4v) is 9.42. The summed E-state index contributed by atoms with van der Waals surface area (Å²) in [5.41, 5.74) is 2.30. The number of hydrogen-bond donors (Lipinski definition) is 0. The van der Waals surface area contributed by atoms with Gasteiger partial charge >= 0.3 is 5.97 Å². The molecule has 5 aliphatic rings. The monoisotopic (exact) mass is 456 g/mol. The first-order chi connectivity index (χ1) is 15.6. The van der Waals surface area contributed by atoms with E-state index in [-0.39, 0.29) is 17.5 Å². The summed E-state index contributed by atoms with van der Waals surface area (Å²) in [6.45, 7) is 14.0. The first kappa shape index (κ1) is 23.9. The molecule has 0 radical (unpaired) electrons. The fraction of sp³-hybridized carbons (Fsp3) is 0.900. The first-order valence-electron chi connectivity index (χ1n) is 14.2. The minimum atomic E-state index is -0.135. The van der Waals surface area contributed by atoms with Crippen LogP contribution in [0.5, 0.6) is 0 Å². The van der Waals surface area contributed by atoms with Crippen LogP contribution < -0.4 is 0 Å². The molecule has 5 rings (SSSR count). The number of esters is 1. The molecule has 0 aromatic rings. The van der Waals surface area contributed by atoms with Gasteiger partial charge in [-0.1, -0.05) is 65.5 Å². The summed E-state index contributed by atoms with van der Waals surface area (Å²) in [6.07, 6.45) is 16.1. The van der Waals surface area contributed by atoms with Gasteiger partial charge in [-0.3, -0.25) is 4.79 Å². The van der Waals surface area contributed by atoms with Crippen LogP contribution in [0.25, 0.3) is 0 Å². The fourth-order valence-electron chi connectivity index (χ4n) is 9.42. The third-order valence-corrected chi connectivity index (χ3v) is 11.2. The van der Waals surface area contributed by atoms with E-state index in [1.54, 1.807) is 12.5 Å². The van der Waals surface area contributed by atoms with E-state index in [1.165, 1.54) is 44.9 Å². The average molecular weight is 457 g/mol. The number of carbonyl (C=O) groups is 1. The molecule has 1 saturated heterocycles. The highest BCUT2D eigenvalue weighted by atomic mass is 16.6. The Bertz CT molecular complexity index is 785. The predicted octanol–water partition coefficient (Wildman–Crippen LogP) is 7.34. The van der Waals surface area contributed by atoms with Gasteiger partial charge in [-0.05, 0) is 84.9 Å². The van der Waals surface area contributed by atoms with E-state index in [1.807, 2.05) is 0 Å². The van der Waals surface area contributed by atoms with E-state index in [0.29, 0.717) is 23.5 Å². The highest BCUT2D eigenvalue weighted by molar-refractivity contribution is 5.66. The largest absolute Gasteiger partial charge is 0.462 e. The quantitative estimate of drug-likeness (QED) is 0.238. The molecule has 4 fully saturated rings. The lowest BCUT2D eigenvalue weighted by Crippen LogP contribution is -2.50. The Hall–Kier alpha value is -0.830. The number of carbonyl (C=O) groups excluding carboxylic acids is 1. The lowest BCUT2D eigenvalue weighted by atomic mass is 9.49. The molecule has 3 nitrogen and oxygen atoms in total. The summed E-state index contributed by atoms with van der Waals surface area (Å²) < 4.78 is 12.1. The maximum Gasteiger partial charge on any atom is 0.302 e. The second-order valence-electron chi connectivity index (χ2n) is 13.5. The van der Waals surface area contributed by atoms with Crippen molar-refractivity contribution in [2.45, 2.75) is 124 Å². The molecule has 33 heavy (non-hydrogen) atoms. The minimum Gasteiger partial charge on any atom is -0.462 e. The molecule has 0 bridgehead atoms. The van der Waals surface area contributed by atoms with Gasteiger partial charge in [0.15, 0.2) is 0 Å². The van der Waals surface area contributed by atoms with E-state index >= 15 is 0 Å². The van der Waals surface area contributed by atoms with Gasteiger partial charge in [-0.25, -0.2) is 0 Å². The lowest BCUT2D eigenvalue weighted by molar-refractivity contribution is -0.148. The third-order valence-electron chi connectivity index (χ3n) is 11.2. The van der Waals surface area contributed by atoms with Crippen molar-refractivity contribution < 1.29 is 14.3 Å². The van der Waals surface area contributed by atoms with Crippen molar-refractivity contribution in [1.29, 1.82) is 0 Å². The van der Waals surface area contributed by atoms with Crippen molar-refractivity contribution in [3.63, 3.8) is 0 Å². The molecule has 0 amide bonds.